The van der Waals surface area contributed by atoms with Gasteiger partial charge in [0.2, 0.25) is 0 Å². The summed E-state index contributed by atoms with van der Waals surface area (Å²) in [5.41, 5.74) is -0.146. The molecule has 1 rings (SSSR count). The van der Waals surface area contributed by atoms with E-state index in [-0.39, 0.29) is 18.2 Å². The Hall–Kier alpha value is -0.120. The van der Waals surface area contributed by atoms with E-state index in [4.69, 9.17) is 4.74 Å². The highest BCUT2D eigenvalue weighted by Crippen LogP contribution is 2.24. The fraction of sp³-hybridized carbons (Fsp3) is 1.00. The van der Waals surface area contributed by atoms with Gasteiger partial charge in [-0.1, -0.05) is 0 Å². The van der Waals surface area contributed by atoms with Crippen LogP contribution in [0.4, 0.5) is 0 Å². The minimum absolute atomic E-state index is 0.146. The summed E-state index contributed by atoms with van der Waals surface area (Å²) in [5.74, 6) is 0. The maximum atomic E-state index is 9.23. The van der Waals surface area contributed by atoms with Crippen LogP contribution < -0.4 is 0 Å². The largest absolute Gasteiger partial charge is 0.394 e. The topological polar surface area (TPSA) is 32.7 Å². The summed E-state index contributed by atoms with van der Waals surface area (Å²) in [4.78, 5) is 2.23. The van der Waals surface area contributed by atoms with Gasteiger partial charge in [-0.25, -0.2) is 0 Å². The fourth-order valence-electron chi connectivity index (χ4n) is 1.79. The first-order valence-electron chi connectivity index (χ1n) is 4.94. The van der Waals surface area contributed by atoms with Crippen molar-refractivity contribution in [2.75, 3.05) is 20.3 Å². The lowest BCUT2D eigenvalue weighted by atomic mass is 9.99. The predicted molar refractivity (Wildman–Crippen MR) is 52.7 cm³/mol. The van der Waals surface area contributed by atoms with E-state index in [0.29, 0.717) is 6.04 Å². The van der Waals surface area contributed by atoms with Crippen LogP contribution in [0.3, 0.4) is 0 Å². The lowest BCUT2D eigenvalue weighted by molar-refractivity contribution is 0.0127. The monoisotopic (exact) mass is 187 g/mol. The van der Waals surface area contributed by atoms with Gasteiger partial charge in [-0.05, 0) is 34.2 Å². The van der Waals surface area contributed by atoms with Gasteiger partial charge in [0.05, 0.1) is 12.7 Å². The van der Waals surface area contributed by atoms with E-state index in [1.54, 1.807) is 0 Å². The maximum Gasteiger partial charge on any atom is 0.0703 e. The smallest absolute Gasteiger partial charge is 0.0703 e. The van der Waals surface area contributed by atoms with Crippen LogP contribution in [-0.4, -0.2) is 48.0 Å². The summed E-state index contributed by atoms with van der Waals surface area (Å²) < 4.78 is 5.50. The van der Waals surface area contributed by atoms with Crippen molar-refractivity contribution in [1.29, 1.82) is 0 Å². The highest BCUT2D eigenvalue weighted by Gasteiger charge is 2.35. The van der Waals surface area contributed by atoms with Gasteiger partial charge in [0.25, 0.3) is 0 Å². The average molecular weight is 187 g/mol. The summed E-state index contributed by atoms with van der Waals surface area (Å²) in [6, 6.07) is 0.446. The van der Waals surface area contributed by atoms with E-state index in [1.165, 1.54) is 0 Å². The van der Waals surface area contributed by atoms with Crippen LogP contribution in [0.5, 0.6) is 0 Å². The Morgan fingerprint density at radius 3 is 2.54 bits per heavy atom. The van der Waals surface area contributed by atoms with Gasteiger partial charge in [0.15, 0.2) is 0 Å². The Kier molecular flexibility index (Phi) is 3.33. The Morgan fingerprint density at radius 1 is 1.54 bits per heavy atom. The summed E-state index contributed by atoms with van der Waals surface area (Å²) in [6.45, 7) is 7.24. The quantitative estimate of drug-likeness (QED) is 0.711. The first-order chi connectivity index (χ1) is 5.99. The molecule has 1 fully saturated rings. The number of aliphatic hydroxyl groups excluding tert-OH is 1. The van der Waals surface area contributed by atoms with E-state index in [9.17, 15) is 5.11 Å². The molecule has 0 aromatic carbocycles. The van der Waals surface area contributed by atoms with Gasteiger partial charge in [0.1, 0.15) is 0 Å². The van der Waals surface area contributed by atoms with Crippen LogP contribution in [0.25, 0.3) is 0 Å². The van der Waals surface area contributed by atoms with Crippen LogP contribution in [0.15, 0.2) is 0 Å². The molecule has 1 saturated heterocycles. The normalized spacial score (nSPS) is 30.0. The van der Waals surface area contributed by atoms with Gasteiger partial charge in [-0.15, -0.1) is 0 Å². The van der Waals surface area contributed by atoms with Crippen molar-refractivity contribution in [3.63, 3.8) is 0 Å². The molecule has 3 heteroatoms. The van der Waals surface area contributed by atoms with Gasteiger partial charge >= 0.3 is 0 Å². The van der Waals surface area contributed by atoms with Gasteiger partial charge < -0.3 is 9.84 Å². The predicted octanol–water partition coefficient (Wildman–Crippen LogP) is 0.866. The molecule has 0 amide bonds. The number of aliphatic hydroxyl groups is 1. The minimum Gasteiger partial charge on any atom is -0.394 e. The summed E-state index contributed by atoms with van der Waals surface area (Å²) in [7, 11) is 2.06. The third kappa shape index (κ3) is 2.22. The molecule has 2 unspecified atom stereocenters. The molecular formula is C10H21NO2. The summed E-state index contributed by atoms with van der Waals surface area (Å²) in [5, 5.41) is 9.23. The van der Waals surface area contributed by atoms with Gasteiger partial charge in [-0.2, -0.15) is 0 Å². The highest BCUT2D eigenvalue weighted by atomic mass is 16.5. The van der Waals surface area contributed by atoms with E-state index < -0.39 is 0 Å². The zero-order valence-corrected chi connectivity index (χ0v) is 9.08. The van der Waals surface area contributed by atoms with Crippen LogP contribution >= 0.6 is 0 Å². The van der Waals surface area contributed by atoms with Crippen LogP contribution in [0.1, 0.15) is 27.2 Å². The molecule has 0 saturated carbocycles. The summed E-state index contributed by atoms with van der Waals surface area (Å²) in [6.07, 6.45) is 1.36. The van der Waals surface area contributed by atoms with Crippen molar-refractivity contribution in [3.05, 3.63) is 0 Å². The van der Waals surface area contributed by atoms with E-state index >= 15 is 0 Å². The molecule has 0 spiro atoms. The average Bonchev–Trinajstić information content (AvgIpc) is 2.50. The number of hydrogen-bond acceptors (Lipinski definition) is 3. The SMILES string of the molecule is CC1OCCC1N(C)C(C)(C)CO. The second kappa shape index (κ2) is 3.95. The van der Waals surface area contributed by atoms with Crippen molar-refractivity contribution in [3.8, 4) is 0 Å². The minimum atomic E-state index is -0.146. The summed E-state index contributed by atoms with van der Waals surface area (Å²) >= 11 is 0. The maximum absolute atomic E-state index is 9.23. The third-order valence-electron chi connectivity index (χ3n) is 3.18. The Balaban J connectivity index is 2.60. The molecule has 13 heavy (non-hydrogen) atoms. The van der Waals surface area contributed by atoms with Crippen LogP contribution in [-0.2, 0) is 4.74 Å². The Morgan fingerprint density at radius 2 is 2.15 bits per heavy atom. The molecule has 78 valence electrons. The molecular weight excluding hydrogens is 166 g/mol. The number of hydrogen-bond donors (Lipinski definition) is 1. The molecule has 1 heterocycles. The number of nitrogens with zero attached hydrogens (tertiary/aromatic N) is 1. The molecule has 1 aliphatic heterocycles. The van der Waals surface area contributed by atoms with Crippen LogP contribution in [0, 0.1) is 0 Å². The zero-order chi connectivity index (χ0) is 10.1. The van der Waals surface area contributed by atoms with E-state index in [2.05, 4.69) is 32.7 Å². The molecule has 0 aromatic heterocycles. The number of likely N-dealkylation sites (N-methyl/N-ethyl adjacent to an activating group) is 1. The molecule has 0 aromatic rings. The highest BCUT2D eigenvalue weighted by molar-refractivity contribution is 4.89. The van der Waals surface area contributed by atoms with Gasteiger partial charge in [-0.3, -0.25) is 4.90 Å². The van der Waals surface area contributed by atoms with Crippen molar-refractivity contribution in [1.82, 2.24) is 4.90 Å². The van der Waals surface area contributed by atoms with Crippen molar-refractivity contribution in [2.45, 2.75) is 44.9 Å². The van der Waals surface area contributed by atoms with Gasteiger partial charge in [0, 0.05) is 18.2 Å². The molecule has 3 nitrogen and oxygen atoms in total. The Bertz CT molecular complexity index is 170. The van der Waals surface area contributed by atoms with Crippen molar-refractivity contribution < 1.29 is 9.84 Å². The standard InChI is InChI=1S/C10H21NO2/c1-8-9(5-6-13-8)11(4)10(2,3)7-12/h8-9,12H,5-7H2,1-4H3. The second-order valence-corrected chi connectivity index (χ2v) is 4.51. The Labute approximate surface area is 80.7 Å². The molecule has 1 N–H and O–H groups in total. The first-order valence-corrected chi connectivity index (χ1v) is 4.94. The molecule has 1 aliphatic rings. The third-order valence-corrected chi connectivity index (χ3v) is 3.18. The van der Waals surface area contributed by atoms with Crippen molar-refractivity contribution in [2.24, 2.45) is 0 Å². The van der Waals surface area contributed by atoms with E-state index in [1.807, 2.05) is 0 Å². The number of rotatable bonds is 3. The molecule has 0 aliphatic carbocycles. The lowest BCUT2D eigenvalue weighted by Crippen LogP contribution is -2.51. The number of ether oxygens (including phenoxy) is 1. The molecule has 0 bridgehead atoms. The lowest BCUT2D eigenvalue weighted by Gasteiger charge is -2.39. The van der Waals surface area contributed by atoms with E-state index in [0.717, 1.165) is 13.0 Å². The second-order valence-electron chi connectivity index (χ2n) is 4.51. The molecule has 2 atom stereocenters. The fourth-order valence-corrected chi connectivity index (χ4v) is 1.79. The van der Waals surface area contributed by atoms with Crippen LogP contribution in [0.2, 0.25) is 0 Å². The zero-order valence-electron chi connectivity index (χ0n) is 9.08. The molecule has 0 radical (unpaired) electrons. The first kappa shape index (κ1) is 11.0. The van der Waals surface area contributed by atoms with Crippen molar-refractivity contribution >= 4 is 0 Å².